The summed E-state index contributed by atoms with van der Waals surface area (Å²) in [5, 5.41) is 12.0. The highest BCUT2D eigenvalue weighted by Gasteiger charge is 2.32. The average molecular weight is 344 g/mol. The van der Waals surface area contributed by atoms with Gasteiger partial charge in [0.1, 0.15) is 6.10 Å². The van der Waals surface area contributed by atoms with Gasteiger partial charge in [0.15, 0.2) is 5.66 Å². The molecule has 0 saturated carbocycles. The van der Waals surface area contributed by atoms with Crippen molar-refractivity contribution in [3.8, 4) is 0 Å². The topological polar surface area (TPSA) is 63.0 Å². The van der Waals surface area contributed by atoms with Gasteiger partial charge in [0, 0.05) is 0 Å². The molecule has 6 heteroatoms. The molecule has 0 unspecified atom stereocenters. The lowest BCUT2D eigenvalue weighted by Crippen LogP contribution is -2.48. The van der Waals surface area contributed by atoms with Crippen molar-refractivity contribution < 1.29 is 9.53 Å². The number of nitrogens with one attached hydrogen (secondary N) is 1. The van der Waals surface area contributed by atoms with E-state index >= 15 is 0 Å². The van der Waals surface area contributed by atoms with Crippen LogP contribution in [0.1, 0.15) is 73.1 Å². The van der Waals surface area contributed by atoms with Gasteiger partial charge in [-0.3, -0.25) is 5.32 Å². The van der Waals surface area contributed by atoms with Gasteiger partial charge in [0.05, 0.1) is 5.54 Å². The van der Waals surface area contributed by atoms with Crippen molar-refractivity contribution in [3.63, 3.8) is 0 Å². The number of amides is 1. The van der Waals surface area contributed by atoms with E-state index in [0.717, 1.165) is 50.0 Å². The molecule has 0 aromatic heterocycles. The summed E-state index contributed by atoms with van der Waals surface area (Å²) in [7, 11) is 0. The highest BCUT2D eigenvalue weighted by Crippen LogP contribution is 2.25. The van der Waals surface area contributed by atoms with E-state index in [9.17, 15) is 4.79 Å². The lowest BCUT2D eigenvalue weighted by molar-refractivity contribution is 0.0804. The maximum Gasteiger partial charge on any atom is 0.409 e. The first-order chi connectivity index (χ1) is 10.8. The van der Waals surface area contributed by atoms with Crippen LogP contribution in [-0.2, 0) is 4.74 Å². The molecule has 0 bridgehead atoms. The molecule has 1 rings (SSSR count). The van der Waals surface area contributed by atoms with Crippen molar-refractivity contribution in [1.82, 2.24) is 5.32 Å². The van der Waals surface area contributed by atoms with E-state index in [1.54, 1.807) is 0 Å². The SMILES string of the molecule is CCCC(CCC)(/N=N/C(C)(C)C)NC(=O)OC1CCSCC1. The molecule has 1 fully saturated rings. The Hall–Kier alpha value is -0.780. The Bertz CT molecular complexity index is 382. The number of hydrogen-bond donors (Lipinski definition) is 1. The van der Waals surface area contributed by atoms with Crippen LogP contribution >= 0.6 is 11.8 Å². The van der Waals surface area contributed by atoms with Crippen LogP contribution in [0.2, 0.25) is 0 Å². The second kappa shape index (κ2) is 9.50. The predicted octanol–water partition coefficient (Wildman–Crippen LogP) is 5.16. The third-order valence-electron chi connectivity index (χ3n) is 3.65. The largest absolute Gasteiger partial charge is 0.446 e. The van der Waals surface area contributed by atoms with Crippen molar-refractivity contribution in [2.45, 2.75) is 90.4 Å². The molecule has 0 spiro atoms. The lowest BCUT2D eigenvalue weighted by Gasteiger charge is -2.31. The van der Waals surface area contributed by atoms with Crippen molar-refractivity contribution in [2.24, 2.45) is 10.2 Å². The van der Waals surface area contributed by atoms with E-state index in [2.05, 4.69) is 29.4 Å². The second-order valence-electron chi connectivity index (χ2n) is 7.24. The zero-order valence-electron chi connectivity index (χ0n) is 15.4. The Balaban J connectivity index is 2.76. The van der Waals surface area contributed by atoms with Gasteiger partial charge in [0.25, 0.3) is 0 Å². The van der Waals surface area contributed by atoms with Crippen LogP contribution in [0, 0.1) is 0 Å². The number of rotatable bonds is 7. The van der Waals surface area contributed by atoms with Crippen LogP contribution in [0.5, 0.6) is 0 Å². The number of azo groups is 1. The molecule has 0 aromatic rings. The van der Waals surface area contributed by atoms with Crippen molar-refractivity contribution in [3.05, 3.63) is 0 Å². The molecule has 1 heterocycles. The molecule has 0 radical (unpaired) electrons. The average Bonchev–Trinajstić information content (AvgIpc) is 2.46. The molecular formula is C17H33N3O2S. The summed E-state index contributed by atoms with van der Waals surface area (Å²) < 4.78 is 5.61. The van der Waals surface area contributed by atoms with E-state index in [1.165, 1.54) is 0 Å². The van der Waals surface area contributed by atoms with E-state index < -0.39 is 5.66 Å². The van der Waals surface area contributed by atoms with Gasteiger partial charge in [-0.2, -0.15) is 22.0 Å². The van der Waals surface area contributed by atoms with E-state index in [-0.39, 0.29) is 17.7 Å². The minimum Gasteiger partial charge on any atom is -0.446 e. The molecule has 0 aromatic carbocycles. The fourth-order valence-electron chi connectivity index (χ4n) is 2.61. The molecule has 1 aliphatic heterocycles. The molecule has 134 valence electrons. The molecule has 0 aliphatic carbocycles. The highest BCUT2D eigenvalue weighted by molar-refractivity contribution is 7.99. The van der Waals surface area contributed by atoms with Crippen molar-refractivity contribution >= 4 is 17.9 Å². The molecule has 1 amide bonds. The summed E-state index contributed by atoms with van der Waals surface area (Å²) in [6.07, 6.45) is 4.99. The first-order valence-corrected chi connectivity index (χ1v) is 9.96. The Morgan fingerprint density at radius 2 is 1.70 bits per heavy atom. The number of carbonyl (C=O) groups is 1. The summed E-state index contributed by atoms with van der Waals surface area (Å²) in [6, 6.07) is 0. The van der Waals surface area contributed by atoms with Crippen molar-refractivity contribution in [1.29, 1.82) is 0 Å². The number of carbonyl (C=O) groups excluding carboxylic acids is 1. The number of ether oxygens (including phenoxy) is 1. The fourth-order valence-corrected chi connectivity index (χ4v) is 3.68. The molecule has 1 N–H and O–H groups in total. The summed E-state index contributed by atoms with van der Waals surface area (Å²) in [4.78, 5) is 12.4. The number of hydrogen-bond acceptors (Lipinski definition) is 5. The van der Waals surface area contributed by atoms with Gasteiger partial charge < -0.3 is 4.74 Å². The lowest BCUT2D eigenvalue weighted by atomic mass is 9.99. The highest BCUT2D eigenvalue weighted by atomic mass is 32.2. The smallest absolute Gasteiger partial charge is 0.409 e. The molecule has 1 saturated heterocycles. The van der Waals surface area contributed by atoms with Gasteiger partial charge in [-0.25, -0.2) is 4.79 Å². The summed E-state index contributed by atoms with van der Waals surface area (Å²) in [5.41, 5.74) is -0.893. The normalized spacial score (nSPS) is 17.4. The maximum atomic E-state index is 12.4. The van der Waals surface area contributed by atoms with Crippen LogP contribution in [0.25, 0.3) is 0 Å². The van der Waals surface area contributed by atoms with Gasteiger partial charge in [-0.15, -0.1) is 0 Å². The zero-order chi connectivity index (χ0) is 17.3. The number of thioether (sulfide) groups is 1. The van der Waals surface area contributed by atoms with Crippen LogP contribution in [0.15, 0.2) is 10.2 Å². The summed E-state index contributed by atoms with van der Waals surface area (Å²) in [5.74, 6) is 2.13. The van der Waals surface area contributed by atoms with E-state index in [4.69, 9.17) is 4.74 Å². The molecule has 0 atom stereocenters. The third-order valence-corrected chi connectivity index (χ3v) is 4.69. The summed E-state index contributed by atoms with van der Waals surface area (Å²) >= 11 is 1.92. The standard InChI is InChI=1S/C17H33N3O2S/c1-6-10-17(11-7-2,20-19-16(3,4)5)18-15(21)22-14-8-12-23-13-9-14/h14H,6-13H2,1-5H3,(H,18,21)/b20-19+. The molecule has 5 nitrogen and oxygen atoms in total. The molecular weight excluding hydrogens is 310 g/mol. The van der Waals surface area contributed by atoms with Gasteiger partial charge in [0.2, 0.25) is 0 Å². The molecule has 23 heavy (non-hydrogen) atoms. The predicted molar refractivity (Wildman–Crippen MR) is 97.1 cm³/mol. The second-order valence-corrected chi connectivity index (χ2v) is 8.47. The number of alkyl carbamates (subject to hydrolysis) is 1. The Morgan fingerprint density at radius 1 is 1.13 bits per heavy atom. The molecule has 1 aliphatic rings. The van der Waals surface area contributed by atoms with Gasteiger partial charge in [-0.1, -0.05) is 26.7 Å². The Morgan fingerprint density at radius 3 is 2.17 bits per heavy atom. The van der Waals surface area contributed by atoms with E-state index in [0.29, 0.717) is 0 Å². The van der Waals surface area contributed by atoms with E-state index in [1.807, 2.05) is 32.5 Å². The van der Waals surface area contributed by atoms with Crippen molar-refractivity contribution in [2.75, 3.05) is 11.5 Å². The van der Waals surface area contributed by atoms with Crippen LogP contribution in [0.4, 0.5) is 4.79 Å². The van der Waals surface area contributed by atoms with Gasteiger partial charge >= 0.3 is 6.09 Å². The zero-order valence-corrected chi connectivity index (χ0v) is 16.2. The fraction of sp³-hybridized carbons (Fsp3) is 0.941. The first kappa shape index (κ1) is 20.3. The minimum atomic E-state index is -0.642. The monoisotopic (exact) mass is 343 g/mol. The number of nitrogens with zero attached hydrogens (tertiary/aromatic N) is 2. The van der Waals surface area contributed by atoms with Crippen LogP contribution in [-0.4, -0.2) is 34.9 Å². The minimum absolute atomic E-state index is 0.0387. The third kappa shape index (κ3) is 8.04. The quantitative estimate of drug-likeness (QED) is 0.650. The summed E-state index contributed by atoms with van der Waals surface area (Å²) in [6.45, 7) is 10.2. The maximum absolute atomic E-state index is 12.4. The van der Waals surface area contributed by atoms with Gasteiger partial charge in [-0.05, 0) is 58.0 Å². The Labute approximate surface area is 145 Å². The van der Waals surface area contributed by atoms with Crippen LogP contribution < -0.4 is 5.32 Å². The first-order valence-electron chi connectivity index (χ1n) is 8.81. The Kier molecular flexibility index (Phi) is 8.37. The van der Waals surface area contributed by atoms with Crippen LogP contribution in [0.3, 0.4) is 0 Å².